The van der Waals surface area contributed by atoms with E-state index in [2.05, 4.69) is 16.0 Å². The molecule has 7 nitrogen and oxygen atoms in total. The minimum Gasteiger partial charge on any atom is -0.496 e. The SMILES string of the molecule is COc1ccccc1/C=C(/NC(=O)c1ccccc1)C(=O)Nc1cccc(SC(C)C(=O)Nc2cc(C(F)(F)F)ccc2Cl)c1. The molecule has 12 heteroatoms. The van der Waals surface area contributed by atoms with Gasteiger partial charge in [0.15, 0.2) is 0 Å². The third-order valence-electron chi connectivity index (χ3n) is 6.29. The van der Waals surface area contributed by atoms with Crippen LogP contribution in [0.3, 0.4) is 0 Å². The number of rotatable bonds is 10. The maximum Gasteiger partial charge on any atom is 0.416 e. The Hall–Kier alpha value is -4.74. The number of thioether (sulfide) groups is 1. The molecule has 0 fully saturated rings. The fraction of sp³-hybridized carbons (Fsp3) is 0.121. The van der Waals surface area contributed by atoms with Crippen molar-refractivity contribution in [3.05, 3.63) is 124 Å². The van der Waals surface area contributed by atoms with Crippen LogP contribution >= 0.6 is 23.4 Å². The van der Waals surface area contributed by atoms with Gasteiger partial charge in [-0.25, -0.2) is 0 Å². The number of methoxy groups -OCH3 is 1. The summed E-state index contributed by atoms with van der Waals surface area (Å²) in [6.07, 6.45) is -3.10. The number of benzene rings is 4. The van der Waals surface area contributed by atoms with Crippen molar-refractivity contribution in [2.75, 3.05) is 17.7 Å². The molecule has 3 amide bonds. The van der Waals surface area contributed by atoms with E-state index in [1.54, 1.807) is 85.8 Å². The zero-order valence-corrected chi connectivity index (χ0v) is 25.5. The Kier molecular flexibility index (Phi) is 10.9. The second kappa shape index (κ2) is 14.8. The van der Waals surface area contributed by atoms with Crippen molar-refractivity contribution in [2.45, 2.75) is 23.2 Å². The molecule has 0 aromatic heterocycles. The number of alkyl halides is 3. The van der Waals surface area contributed by atoms with Crippen LogP contribution in [0.25, 0.3) is 6.08 Å². The zero-order valence-electron chi connectivity index (χ0n) is 23.9. The average molecular weight is 654 g/mol. The van der Waals surface area contributed by atoms with Crippen molar-refractivity contribution >= 4 is 58.5 Å². The number of halogens is 4. The molecule has 4 aromatic carbocycles. The van der Waals surface area contributed by atoms with E-state index >= 15 is 0 Å². The van der Waals surface area contributed by atoms with Crippen LogP contribution in [-0.2, 0) is 15.8 Å². The molecular weight excluding hydrogens is 627 g/mol. The molecule has 0 heterocycles. The van der Waals surface area contributed by atoms with Crippen LogP contribution in [-0.4, -0.2) is 30.1 Å². The number of carbonyl (C=O) groups excluding carboxylic acids is 3. The quantitative estimate of drug-likeness (QED) is 0.119. The number of nitrogens with one attached hydrogen (secondary N) is 3. The molecule has 3 N–H and O–H groups in total. The normalized spacial score (nSPS) is 12.2. The molecule has 0 spiro atoms. The fourth-order valence-corrected chi connectivity index (χ4v) is 5.11. The Balaban J connectivity index is 1.50. The van der Waals surface area contributed by atoms with Crippen molar-refractivity contribution in [1.82, 2.24) is 5.32 Å². The maximum atomic E-state index is 13.5. The second-order valence-corrected chi connectivity index (χ2v) is 11.4. The summed E-state index contributed by atoms with van der Waals surface area (Å²) in [5, 5.41) is 7.11. The van der Waals surface area contributed by atoms with Gasteiger partial charge in [0.05, 0.1) is 28.6 Å². The molecule has 232 valence electrons. The number of anilines is 2. The molecule has 0 aliphatic carbocycles. The molecule has 0 aliphatic heterocycles. The van der Waals surface area contributed by atoms with Gasteiger partial charge in [0.2, 0.25) is 5.91 Å². The number of ether oxygens (including phenoxy) is 1. The smallest absolute Gasteiger partial charge is 0.416 e. The Bertz CT molecular complexity index is 1730. The highest BCUT2D eigenvalue weighted by Crippen LogP contribution is 2.34. The highest BCUT2D eigenvalue weighted by Gasteiger charge is 2.31. The van der Waals surface area contributed by atoms with E-state index in [0.29, 0.717) is 27.5 Å². The minimum atomic E-state index is -4.60. The third-order valence-corrected chi connectivity index (χ3v) is 7.72. The molecule has 4 aromatic rings. The lowest BCUT2D eigenvalue weighted by Crippen LogP contribution is -2.30. The van der Waals surface area contributed by atoms with Gasteiger partial charge in [-0.2, -0.15) is 13.2 Å². The van der Waals surface area contributed by atoms with Crippen LogP contribution < -0.4 is 20.7 Å². The third kappa shape index (κ3) is 9.13. The zero-order chi connectivity index (χ0) is 32.6. The van der Waals surface area contributed by atoms with Gasteiger partial charge in [-0.1, -0.05) is 54.1 Å². The molecule has 1 atom stereocenters. The lowest BCUT2D eigenvalue weighted by Gasteiger charge is -2.16. The fourth-order valence-electron chi connectivity index (χ4n) is 4.02. The summed E-state index contributed by atoms with van der Waals surface area (Å²) in [6, 6.07) is 24.7. The van der Waals surface area contributed by atoms with E-state index < -0.39 is 34.7 Å². The van der Waals surface area contributed by atoms with E-state index in [9.17, 15) is 27.6 Å². The van der Waals surface area contributed by atoms with E-state index in [0.717, 1.165) is 30.0 Å². The van der Waals surface area contributed by atoms with E-state index in [1.807, 2.05) is 0 Å². The summed E-state index contributed by atoms with van der Waals surface area (Å²) in [5.74, 6) is -1.18. The van der Waals surface area contributed by atoms with E-state index in [1.165, 1.54) is 13.2 Å². The lowest BCUT2D eigenvalue weighted by atomic mass is 10.1. The van der Waals surface area contributed by atoms with Crippen LogP contribution in [0.2, 0.25) is 5.02 Å². The van der Waals surface area contributed by atoms with Crippen molar-refractivity contribution < 1.29 is 32.3 Å². The second-order valence-electron chi connectivity index (χ2n) is 9.54. The summed E-state index contributed by atoms with van der Waals surface area (Å²) >= 11 is 7.14. The Morgan fingerprint density at radius 3 is 2.31 bits per heavy atom. The van der Waals surface area contributed by atoms with E-state index in [4.69, 9.17) is 16.3 Å². The van der Waals surface area contributed by atoms with Gasteiger partial charge in [-0.05, 0) is 67.6 Å². The Morgan fingerprint density at radius 2 is 1.60 bits per heavy atom. The van der Waals surface area contributed by atoms with Crippen molar-refractivity contribution in [1.29, 1.82) is 0 Å². The van der Waals surface area contributed by atoms with Gasteiger partial charge >= 0.3 is 6.18 Å². The summed E-state index contributed by atoms with van der Waals surface area (Å²) in [4.78, 5) is 39.8. The first-order valence-corrected chi connectivity index (χ1v) is 14.7. The molecule has 4 rings (SSSR count). The van der Waals surface area contributed by atoms with Crippen LogP contribution in [0.1, 0.15) is 28.4 Å². The predicted octanol–water partition coefficient (Wildman–Crippen LogP) is 7.90. The first kappa shape index (κ1) is 33.2. The summed E-state index contributed by atoms with van der Waals surface area (Å²) < 4.78 is 44.8. The highest BCUT2D eigenvalue weighted by atomic mass is 35.5. The number of carbonyl (C=O) groups is 3. The molecule has 0 saturated heterocycles. The highest BCUT2D eigenvalue weighted by molar-refractivity contribution is 8.00. The molecule has 45 heavy (non-hydrogen) atoms. The van der Waals surface area contributed by atoms with Crippen LogP contribution in [0, 0.1) is 0 Å². The molecular formula is C33H27ClF3N3O4S. The van der Waals surface area contributed by atoms with Crippen molar-refractivity contribution in [3.63, 3.8) is 0 Å². The van der Waals surface area contributed by atoms with Gasteiger partial charge in [0.1, 0.15) is 11.4 Å². The molecule has 0 aliphatic rings. The Morgan fingerprint density at radius 1 is 0.889 bits per heavy atom. The van der Waals surface area contributed by atoms with Gasteiger partial charge in [-0.3, -0.25) is 14.4 Å². The van der Waals surface area contributed by atoms with Gasteiger partial charge in [0, 0.05) is 21.7 Å². The summed E-state index contributed by atoms with van der Waals surface area (Å²) in [6.45, 7) is 1.58. The van der Waals surface area contributed by atoms with Crippen LogP contribution in [0.5, 0.6) is 5.75 Å². The van der Waals surface area contributed by atoms with Gasteiger partial charge in [-0.15, -0.1) is 11.8 Å². The predicted molar refractivity (Wildman–Crippen MR) is 170 cm³/mol. The number of hydrogen-bond acceptors (Lipinski definition) is 5. The van der Waals surface area contributed by atoms with E-state index in [-0.39, 0.29) is 16.4 Å². The molecule has 0 radical (unpaired) electrons. The van der Waals surface area contributed by atoms with Gasteiger partial charge < -0.3 is 20.7 Å². The number of para-hydroxylation sites is 1. The van der Waals surface area contributed by atoms with Crippen LogP contribution in [0.4, 0.5) is 24.5 Å². The molecule has 0 bridgehead atoms. The summed E-state index contributed by atoms with van der Waals surface area (Å²) in [7, 11) is 1.49. The number of amides is 3. The van der Waals surface area contributed by atoms with Crippen LogP contribution in [0.15, 0.2) is 108 Å². The topological polar surface area (TPSA) is 96.5 Å². The maximum absolute atomic E-state index is 13.5. The molecule has 0 saturated carbocycles. The number of hydrogen-bond donors (Lipinski definition) is 3. The monoisotopic (exact) mass is 653 g/mol. The largest absolute Gasteiger partial charge is 0.496 e. The van der Waals surface area contributed by atoms with Crippen molar-refractivity contribution in [3.8, 4) is 5.75 Å². The van der Waals surface area contributed by atoms with Crippen molar-refractivity contribution in [2.24, 2.45) is 0 Å². The summed E-state index contributed by atoms with van der Waals surface area (Å²) in [5.41, 5.74) is 0.147. The first-order chi connectivity index (χ1) is 21.4. The Labute approximate surface area is 266 Å². The molecule has 1 unspecified atom stereocenters. The first-order valence-electron chi connectivity index (χ1n) is 13.4. The lowest BCUT2D eigenvalue weighted by molar-refractivity contribution is -0.137. The standard InChI is InChI=1S/C33H27ClF3N3O4S/c1-20(30(41)39-27-18-23(33(35,36)37)15-16-26(27)34)45-25-13-8-12-24(19-25)38-32(43)28(17-22-11-6-7-14-29(22)44-2)40-31(42)21-9-4-3-5-10-21/h3-20H,1-2H3,(H,38,43)(H,39,41)(H,40,42)/b28-17+. The van der Waals surface area contributed by atoms with Gasteiger partial charge in [0.25, 0.3) is 11.8 Å². The average Bonchev–Trinajstić information content (AvgIpc) is 3.02. The minimum absolute atomic E-state index is 0.0328.